The number of methoxy groups -OCH3 is 1. The minimum Gasteiger partial charge on any atom is -0.497 e. The molecule has 2 aliphatic heterocycles. The third-order valence-corrected chi connectivity index (χ3v) is 4.95. The molecule has 1 saturated heterocycles. The molecule has 4 rings (SSSR count). The molecular weight excluding hydrogens is 274 g/mol. The van der Waals surface area contributed by atoms with Crippen LogP contribution in [0, 0.1) is 6.92 Å². The average Bonchev–Trinajstić information content (AvgIpc) is 2.80. The summed E-state index contributed by atoms with van der Waals surface area (Å²) in [5, 5.41) is 0. The van der Waals surface area contributed by atoms with Gasteiger partial charge in [0.1, 0.15) is 11.6 Å². The largest absolute Gasteiger partial charge is 0.497 e. The van der Waals surface area contributed by atoms with Crippen molar-refractivity contribution in [2.24, 2.45) is 0 Å². The monoisotopic (exact) mass is 295 g/mol. The van der Waals surface area contributed by atoms with E-state index in [2.05, 4.69) is 33.1 Å². The van der Waals surface area contributed by atoms with E-state index in [1.54, 1.807) is 7.11 Å². The maximum absolute atomic E-state index is 5.34. The molecule has 1 aromatic heterocycles. The second kappa shape index (κ2) is 5.36. The van der Waals surface area contributed by atoms with Crippen LogP contribution < -0.4 is 4.74 Å². The van der Waals surface area contributed by atoms with Crippen LogP contribution in [0.2, 0.25) is 0 Å². The van der Waals surface area contributed by atoms with E-state index in [1.165, 1.54) is 29.7 Å². The molecule has 0 spiro atoms. The van der Waals surface area contributed by atoms with Gasteiger partial charge < -0.3 is 4.74 Å². The summed E-state index contributed by atoms with van der Waals surface area (Å²) in [4.78, 5) is 11.7. The van der Waals surface area contributed by atoms with Crippen LogP contribution in [0.4, 0.5) is 0 Å². The Morgan fingerprint density at radius 3 is 3.09 bits per heavy atom. The highest BCUT2D eigenvalue weighted by Gasteiger charge is 2.40. The zero-order valence-corrected chi connectivity index (χ0v) is 13.1. The Labute approximate surface area is 131 Å². The highest BCUT2D eigenvalue weighted by Crippen LogP contribution is 2.43. The first-order valence-electron chi connectivity index (χ1n) is 7.95. The average molecular weight is 295 g/mol. The third kappa shape index (κ3) is 2.28. The number of fused-ring (bicyclic) bond motifs is 4. The lowest BCUT2D eigenvalue weighted by Gasteiger charge is -2.35. The van der Waals surface area contributed by atoms with Crippen LogP contribution in [0.5, 0.6) is 5.75 Å². The van der Waals surface area contributed by atoms with Crippen LogP contribution >= 0.6 is 0 Å². The SMILES string of the molecule is COc1cccc(CN2[C@@H]3CC[C@@H]2c2cnc(C)nc2C3)c1. The van der Waals surface area contributed by atoms with Gasteiger partial charge in [-0.1, -0.05) is 12.1 Å². The molecule has 0 amide bonds. The molecule has 114 valence electrons. The Morgan fingerprint density at radius 1 is 1.32 bits per heavy atom. The smallest absolute Gasteiger partial charge is 0.125 e. The number of nitrogens with zero attached hydrogens (tertiary/aromatic N) is 3. The summed E-state index contributed by atoms with van der Waals surface area (Å²) >= 11 is 0. The fourth-order valence-corrected chi connectivity index (χ4v) is 3.90. The predicted octanol–water partition coefficient (Wildman–Crippen LogP) is 3.06. The normalized spacial score (nSPS) is 23.4. The van der Waals surface area contributed by atoms with E-state index in [0.29, 0.717) is 12.1 Å². The minimum absolute atomic E-state index is 0.473. The van der Waals surface area contributed by atoms with Gasteiger partial charge in [-0.25, -0.2) is 9.97 Å². The molecule has 0 saturated carbocycles. The molecule has 3 heterocycles. The van der Waals surface area contributed by atoms with E-state index in [9.17, 15) is 0 Å². The lowest BCUT2D eigenvalue weighted by atomic mass is 9.98. The Balaban J connectivity index is 1.62. The van der Waals surface area contributed by atoms with Crippen molar-refractivity contribution in [1.82, 2.24) is 14.9 Å². The van der Waals surface area contributed by atoms with Crippen molar-refractivity contribution in [3.63, 3.8) is 0 Å². The summed E-state index contributed by atoms with van der Waals surface area (Å²) in [7, 11) is 1.72. The fourth-order valence-electron chi connectivity index (χ4n) is 3.90. The molecule has 0 radical (unpaired) electrons. The maximum Gasteiger partial charge on any atom is 0.125 e. The first kappa shape index (κ1) is 13.7. The van der Waals surface area contributed by atoms with Gasteiger partial charge in [0.05, 0.1) is 12.8 Å². The summed E-state index contributed by atoms with van der Waals surface area (Å²) in [6.07, 6.45) is 5.57. The Bertz CT molecular complexity index is 700. The number of aromatic nitrogens is 2. The van der Waals surface area contributed by atoms with Gasteiger partial charge in [0.2, 0.25) is 0 Å². The van der Waals surface area contributed by atoms with Crippen molar-refractivity contribution in [2.75, 3.05) is 7.11 Å². The van der Waals surface area contributed by atoms with Crippen LogP contribution in [-0.2, 0) is 13.0 Å². The summed E-state index contributed by atoms with van der Waals surface area (Å²) in [6.45, 7) is 2.95. The Hall–Kier alpha value is -1.94. The predicted molar refractivity (Wildman–Crippen MR) is 84.8 cm³/mol. The molecule has 1 aromatic carbocycles. The molecular formula is C18H21N3O. The van der Waals surface area contributed by atoms with E-state index < -0.39 is 0 Å². The summed E-state index contributed by atoms with van der Waals surface area (Å²) in [5.41, 5.74) is 3.91. The number of hydrogen-bond donors (Lipinski definition) is 0. The van der Waals surface area contributed by atoms with Crippen LogP contribution in [0.1, 0.15) is 41.5 Å². The Morgan fingerprint density at radius 2 is 2.23 bits per heavy atom. The molecule has 0 N–H and O–H groups in total. The third-order valence-electron chi connectivity index (χ3n) is 4.95. The van der Waals surface area contributed by atoms with Gasteiger partial charge in [0, 0.05) is 36.8 Å². The van der Waals surface area contributed by atoms with Gasteiger partial charge in [0.25, 0.3) is 0 Å². The van der Waals surface area contributed by atoms with Gasteiger partial charge in [0.15, 0.2) is 0 Å². The zero-order valence-electron chi connectivity index (χ0n) is 13.1. The van der Waals surface area contributed by atoms with E-state index in [0.717, 1.165) is 24.5 Å². The minimum atomic E-state index is 0.473. The number of ether oxygens (including phenoxy) is 1. The second-order valence-corrected chi connectivity index (χ2v) is 6.29. The molecule has 4 nitrogen and oxygen atoms in total. The van der Waals surface area contributed by atoms with Gasteiger partial charge >= 0.3 is 0 Å². The van der Waals surface area contributed by atoms with Crippen molar-refractivity contribution in [1.29, 1.82) is 0 Å². The first-order chi connectivity index (χ1) is 10.7. The van der Waals surface area contributed by atoms with Crippen LogP contribution in [0.15, 0.2) is 30.5 Å². The van der Waals surface area contributed by atoms with E-state index >= 15 is 0 Å². The molecule has 2 atom stereocenters. The van der Waals surface area contributed by atoms with Crippen molar-refractivity contribution in [2.45, 2.75) is 44.8 Å². The molecule has 2 aromatic rings. The van der Waals surface area contributed by atoms with Crippen LogP contribution in [0.25, 0.3) is 0 Å². The molecule has 0 unspecified atom stereocenters. The standard InChI is InChI=1S/C18H21N3O/c1-12-19-10-16-17(20-12)9-14-6-7-18(16)21(14)11-13-4-3-5-15(8-13)22-2/h3-5,8,10,14,18H,6-7,9,11H2,1-2H3/t14-,18-/m1/s1. The zero-order chi connectivity index (χ0) is 15.1. The van der Waals surface area contributed by atoms with Crippen molar-refractivity contribution < 1.29 is 4.74 Å². The molecule has 2 aliphatic rings. The highest BCUT2D eigenvalue weighted by molar-refractivity contribution is 5.31. The van der Waals surface area contributed by atoms with Crippen LogP contribution in [0.3, 0.4) is 0 Å². The van der Waals surface area contributed by atoms with E-state index in [-0.39, 0.29) is 0 Å². The van der Waals surface area contributed by atoms with Crippen LogP contribution in [-0.4, -0.2) is 28.0 Å². The first-order valence-corrected chi connectivity index (χ1v) is 7.95. The maximum atomic E-state index is 5.34. The molecule has 0 aliphatic carbocycles. The van der Waals surface area contributed by atoms with E-state index in [1.807, 2.05) is 19.2 Å². The fraction of sp³-hybridized carbons (Fsp3) is 0.444. The van der Waals surface area contributed by atoms with Gasteiger partial charge in [-0.15, -0.1) is 0 Å². The second-order valence-electron chi connectivity index (χ2n) is 6.29. The topological polar surface area (TPSA) is 38.2 Å². The van der Waals surface area contributed by atoms with Gasteiger partial charge in [-0.3, -0.25) is 4.90 Å². The van der Waals surface area contributed by atoms with E-state index in [4.69, 9.17) is 4.74 Å². The molecule has 1 fully saturated rings. The number of aryl methyl sites for hydroxylation is 1. The quantitative estimate of drug-likeness (QED) is 0.872. The number of rotatable bonds is 3. The summed E-state index contributed by atoms with van der Waals surface area (Å²) in [6, 6.07) is 9.48. The van der Waals surface area contributed by atoms with Crippen molar-refractivity contribution in [3.8, 4) is 5.75 Å². The van der Waals surface area contributed by atoms with Gasteiger partial charge in [-0.2, -0.15) is 0 Å². The summed E-state index contributed by atoms with van der Waals surface area (Å²) < 4.78 is 5.34. The molecule has 2 bridgehead atoms. The lowest BCUT2D eigenvalue weighted by molar-refractivity contribution is 0.166. The Kier molecular flexibility index (Phi) is 3.34. The van der Waals surface area contributed by atoms with Gasteiger partial charge in [-0.05, 0) is 37.5 Å². The number of hydrogen-bond acceptors (Lipinski definition) is 4. The molecule has 4 heteroatoms. The highest BCUT2D eigenvalue weighted by atomic mass is 16.5. The van der Waals surface area contributed by atoms with Crippen molar-refractivity contribution >= 4 is 0 Å². The summed E-state index contributed by atoms with van der Waals surface area (Å²) in [5.74, 6) is 1.82. The number of benzene rings is 1. The molecule has 22 heavy (non-hydrogen) atoms. The van der Waals surface area contributed by atoms with Crippen molar-refractivity contribution in [3.05, 3.63) is 53.1 Å². The lowest BCUT2D eigenvalue weighted by Crippen LogP contribution is -2.37.